The van der Waals surface area contributed by atoms with Crippen molar-refractivity contribution >= 4 is 8.56 Å². The summed E-state index contributed by atoms with van der Waals surface area (Å²) in [5, 5.41) is 0. The molecule has 0 aliphatic rings. The van der Waals surface area contributed by atoms with E-state index in [1.54, 1.807) is 0 Å². The molecule has 152 valence electrons. The first-order chi connectivity index (χ1) is 12.2. The minimum Gasteiger partial charge on any atom is -0.394 e. The zero-order valence-electron chi connectivity index (χ0n) is 18.0. The topological polar surface area (TPSA) is 18.5 Å². The van der Waals surface area contributed by atoms with Crippen molar-refractivity contribution in [3.63, 3.8) is 0 Å². The van der Waals surface area contributed by atoms with E-state index in [1.807, 2.05) is 0 Å². The lowest BCUT2D eigenvalue weighted by Gasteiger charge is -2.31. The zero-order valence-corrected chi connectivity index (χ0v) is 19.0. The van der Waals surface area contributed by atoms with E-state index in [1.165, 1.54) is 102 Å². The van der Waals surface area contributed by atoms with Crippen LogP contribution in [0, 0.1) is 0 Å². The second-order valence-corrected chi connectivity index (χ2v) is 11.0. The molecular formula is C22H48O2Si. The van der Waals surface area contributed by atoms with Gasteiger partial charge in [0.2, 0.25) is 0 Å². The molecule has 0 aliphatic heterocycles. The highest BCUT2D eigenvalue weighted by atomic mass is 28.4. The summed E-state index contributed by atoms with van der Waals surface area (Å²) >= 11 is 0. The van der Waals surface area contributed by atoms with Crippen LogP contribution in [0.5, 0.6) is 0 Å². The molecule has 0 saturated heterocycles. The highest BCUT2D eigenvalue weighted by Crippen LogP contribution is 2.26. The van der Waals surface area contributed by atoms with Gasteiger partial charge in [0.1, 0.15) is 0 Å². The fourth-order valence-corrected chi connectivity index (χ4v) is 7.00. The fraction of sp³-hybridized carbons (Fsp3) is 1.00. The summed E-state index contributed by atoms with van der Waals surface area (Å²) in [6, 6.07) is 2.43. The van der Waals surface area contributed by atoms with E-state index >= 15 is 0 Å². The normalized spacial score (nSPS) is 12.0. The van der Waals surface area contributed by atoms with Crippen LogP contribution >= 0.6 is 0 Å². The van der Waals surface area contributed by atoms with E-state index in [0.717, 1.165) is 13.2 Å². The predicted molar refractivity (Wildman–Crippen MR) is 115 cm³/mol. The van der Waals surface area contributed by atoms with Crippen LogP contribution in [0.1, 0.15) is 118 Å². The Bertz CT molecular complexity index is 242. The third-order valence-electron chi connectivity index (χ3n) is 5.09. The van der Waals surface area contributed by atoms with Crippen molar-refractivity contribution in [3.8, 4) is 0 Å². The SMILES string of the molecule is CCCCCCCC[Si](CCCCCCCC)(OCC)OCCCC. The number of unbranched alkanes of at least 4 members (excludes halogenated alkanes) is 11. The molecule has 2 nitrogen and oxygen atoms in total. The van der Waals surface area contributed by atoms with E-state index < -0.39 is 8.56 Å². The molecule has 0 fully saturated rings. The molecule has 0 N–H and O–H groups in total. The smallest absolute Gasteiger partial charge is 0.338 e. The highest BCUT2D eigenvalue weighted by molar-refractivity contribution is 6.67. The van der Waals surface area contributed by atoms with Crippen molar-refractivity contribution in [1.82, 2.24) is 0 Å². The van der Waals surface area contributed by atoms with Crippen LogP contribution in [-0.2, 0) is 8.85 Å². The lowest BCUT2D eigenvalue weighted by molar-refractivity contribution is 0.170. The van der Waals surface area contributed by atoms with Crippen LogP contribution < -0.4 is 0 Å². The van der Waals surface area contributed by atoms with Crippen molar-refractivity contribution < 1.29 is 8.85 Å². The summed E-state index contributed by atoms with van der Waals surface area (Å²) in [6.45, 7) is 10.7. The molecule has 3 heteroatoms. The molecule has 0 spiro atoms. The first-order valence-corrected chi connectivity index (χ1v) is 13.8. The van der Waals surface area contributed by atoms with Gasteiger partial charge < -0.3 is 8.85 Å². The molecule has 0 aliphatic carbocycles. The third kappa shape index (κ3) is 14.9. The van der Waals surface area contributed by atoms with Crippen LogP contribution in [0.25, 0.3) is 0 Å². The standard InChI is InChI=1S/C22H48O2Si/c1-5-9-12-14-16-18-21-25(23-8-4,24-20-11-7-3)22-19-17-15-13-10-6-2/h5-22H2,1-4H3. The molecule has 0 bridgehead atoms. The van der Waals surface area contributed by atoms with Crippen LogP contribution in [0.2, 0.25) is 12.1 Å². The van der Waals surface area contributed by atoms with Gasteiger partial charge in [-0.05, 0) is 25.4 Å². The summed E-state index contributed by atoms with van der Waals surface area (Å²) < 4.78 is 12.8. The summed E-state index contributed by atoms with van der Waals surface area (Å²) in [7, 11) is -1.97. The molecule has 0 unspecified atom stereocenters. The van der Waals surface area contributed by atoms with Crippen molar-refractivity contribution in [3.05, 3.63) is 0 Å². The first kappa shape index (κ1) is 25.1. The highest BCUT2D eigenvalue weighted by Gasteiger charge is 2.36. The third-order valence-corrected chi connectivity index (χ3v) is 8.87. The summed E-state index contributed by atoms with van der Waals surface area (Å²) in [5.41, 5.74) is 0. The van der Waals surface area contributed by atoms with Gasteiger partial charge in [-0.1, -0.05) is 104 Å². The Morgan fingerprint density at radius 3 is 1.36 bits per heavy atom. The minimum atomic E-state index is -1.97. The van der Waals surface area contributed by atoms with Crippen molar-refractivity contribution in [1.29, 1.82) is 0 Å². The molecule has 0 atom stereocenters. The Morgan fingerprint density at radius 1 is 0.480 bits per heavy atom. The van der Waals surface area contributed by atoms with Gasteiger partial charge >= 0.3 is 8.56 Å². The van der Waals surface area contributed by atoms with Crippen molar-refractivity contribution in [2.24, 2.45) is 0 Å². The zero-order chi connectivity index (χ0) is 18.6. The molecule has 25 heavy (non-hydrogen) atoms. The average Bonchev–Trinajstić information content (AvgIpc) is 2.61. The molecule has 0 saturated carbocycles. The van der Waals surface area contributed by atoms with Gasteiger partial charge in [-0.3, -0.25) is 0 Å². The van der Waals surface area contributed by atoms with Crippen LogP contribution in [-0.4, -0.2) is 21.8 Å². The van der Waals surface area contributed by atoms with Gasteiger partial charge in [0.05, 0.1) is 0 Å². The largest absolute Gasteiger partial charge is 0.394 e. The van der Waals surface area contributed by atoms with Gasteiger partial charge in [-0.15, -0.1) is 0 Å². The summed E-state index contributed by atoms with van der Waals surface area (Å²) in [5.74, 6) is 0. The summed E-state index contributed by atoms with van der Waals surface area (Å²) in [4.78, 5) is 0. The van der Waals surface area contributed by atoms with Crippen molar-refractivity contribution in [2.45, 2.75) is 130 Å². The predicted octanol–water partition coefficient (Wildman–Crippen LogP) is 8.00. The van der Waals surface area contributed by atoms with Crippen LogP contribution in [0.3, 0.4) is 0 Å². The Hall–Kier alpha value is 0.137. The molecule has 0 aromatic rings. The molecule has 0 aromatic carbocycles. The quantitative estimate of drug-likeness (QED) is 0.159. The van der Waals surface area contributed by atoms with E-state index in [9.17, 15) is 0 Å². The second-order valence-electron chi connectivity index (χ2n) is 7.58. The molecular weight excluding hydrogens is 324 g/mol. The Morgan fingerprint density at radius 2 is 0.920 bits per heavy atom. The molecule has 0 radical (unpaired) electrons. The van der Waals surface area contributed by atoms with Crippen LogP contribution in [0.15, 0.2) is 0 Å². The molecule has 0 aromatic heterocycles. The van der Waals surface area contributed by atoms with E-state index in [4.69, 9.17) is 8.85 Å². The maximum atomic E-state index is 6.48. The number of hydrogen-bond donors (Lipinski definition) is 0. The Labute approximate surface area is 160 Å². The Balaban J connectivity index is 4.31. The average molecular weight is 373 g/mol. The Kier molecular flexibility index (Phi) is 19.0. The summed E-state index contributed by atoms with van der Waals surface area (Å²) in [6.07, 6.45) is 18.7. The van der Waals surface area contributed by atoms with E-state index in [2.05, 4.69) is 27.7 Å². The second kappa shape index (κ2) is 18.9. The van der Waals surface area contributed by atoms with E-state index in [-0.39, 0.29) is 0 Å². The number of rotatable bonds is 20. The lowest BCUT2D eigenvalue weighted by atomic mass is 10.1. The van der Waals surface area contributed by atoms with Gasteiger partial charge in [0.15, 0.2) is 0 Å². The van der Waals surface area contributed by atoms with Gasteiger partial charge in [-0.2, -0.15) is 0 Å². The van der Waals surface area contributed by atoms with Gasteiger partial charge in [-0.25, -0.2) is 0 Å². The number of hydrogen-bond acceptors (Lipinski definition) is 2. The molecule has 0 amide bonds. The van der Waals surface area contributed by atoms with Crippen molar-refractivity contribution in [2.75, 3.05) is 13.2 Å². The van der Waals surface area contributed by atoms with Crippen LogP contribution in [0.4, 0.5) is 0 Å². The van der Waals surface area contributed by atoms with Gasteiger partial charge in [0, 0.05) is 13.2 Å². The van der Waals surface area contributed by atoms with Gasteiger partial charge in [0.25, 0.3) is 0 Å². The fourth-order valence-electron chi connectivity index (χ4n) is 3.47. The maximum Gasteiger partial charge on any atom is 0.338 e. The first-order valence-electron chi connectivity index (χ1n) is 11.5. The molecule has 0 heterocycles. The lowest BCUT2D eigenvalue weighted by Crippen LogP contribution is -2.42. The minimum absolute atomic E-state index is 0.823. The monoisotopic (exact) mass is 372 g/mol. The van der Waals surface area contributed by atoms with E-state index in [0.29, 0.717) is 0 Å². The maximum absolute atomic E-state index is 6.48. The molecule has 0 rings (SSSR count).